The summed E-state index contributed by atoms with van der Waals surface area (Å²) in [5.41, 5.74) is 1.06. The molecule has 0 aliphatic carbocycles. The number of carbonyl (C=O) groups excluding carboxylic acids is 2. The highest BCUT2D eigenvalue weighted by molar-refractivity contribution is 9.10. The number of benzene rings is 2. The molecule has 2 N–H and O–H groups in total. The fourth-order valence-corrected chi connectivity index (χ4v) is 4.48. The molecule has 198 valence electrons. The fraction of sp³-hybridized carbons (Fsp3) is 0.500. The lowest BCUT2D eigenvalue weighted by Gasteiger charge is -2.11. The van der Waals surface area contributed by atoms with Crippen molar-refractivity contribution >= 4 is 43.7 Å². The largest absolute Gasteiger partial charge is 0.492 e. The summed E-state index contributed by atoms with van der Waals surface area (Å²) in [5.74, 6) is 1.05. The van der Waals surface area contributed by atoms with E-state index in [4.69, 9.17) is 9.47 Å². The van der Waals surface area contributed by atoms with Gasteiger partial charge in [-0.25, -0.2) is 0 Å². The van der Waals surface area contributed by atoms with Crippen molar-refractivity contribution in [1.29, 1.82) is 0 Å². The Balaban J connectivity index is 1.72. The molecule has 0 radical (unpaired) electrons. The number of halogens is 2. The first-order valence-corrected chi connectivity index (χ1v) is 14.5. The highest BCUT2D eigenvalue weighted by Gasteiger charge is 2.11. The number of hydrogen-bond donors (Lipinski definition) is 2. The molecule has 0 saturated carbocycles. The number of amides is 2. The summed E-state index contributed by atoms with van der Waals surface area (Å²) < 4.78 is 13.1. The van der Waals surface area contributed by atoms with Gasteiger partial charge in [-0.15, -0.1) is 0 Å². The molecule has 0 unspecified atom stereocenters. The number of nitrogens with one attached hydrogen (secondary N) is 2. The Labute approximate surface area is 232 Å². The summed E-state index contributed by atoms with van der Waals surface area (Å²) >= 11 is 6.97. The first-order valence-electron chi connectivity index (χ1n) is 12.9. The number of rotatable bonds is 17. The summed E-state index contributed by atoms with van der Waals surface area (Å²) in [5, 5.41) is 5.66. The second-order valence-electron chi connectivity index (χ2n) is 8.62. The van der Waals surface area contributed by atoms with Crippen LogP contribution in [0.1, 0.15) is 85.9 Å². The lowest BCUT2D eigenvalue weighted by molar-refractivity contribution is 0.0927. The Morgan fingerprint density at radius 2 is 1.08 bits per heavy atom. The van der Waals surface area contributed by atoms with Crippen LogP contribution in [0.4, 0.5) is 0 Å². The Morgan fingerprint density at radius 1 is 0.667 bits per heavy atom. The van der Waals surface area contributed by atoms with Crippen LogP contribution in [-0.2, 0) is 0 Å². The molecule has 2 aromatic rings. The molecular formula is C28H38Br2N2O4. The average Bonchev–Trinajstić information content (AvgIpc) is 2.87. The Kier molecular flexibility index (Phi) is 14.6. The van der Waals surface area contributed by atoms with Gasteiger partial charge in [0.1, 0.15) is 11.5 Å². The maximum Gasteiger partial charge on any atom is 0.251 e. The van der Waals surface area contributed by atoms with E-state index in [0.717, 1.165) is 46.1 Å². The van der Waals surface area contributed by atoms with Gasteiger partial charge in [-0.2, -0.15) is 0 Å². The van der Waals surface area contributed by atoms with E-state index in [2.05, 4.69) is 56.3 Å². The van der Waals surface area contributed by atoms with Gasteiger partial charge in [0.25, 0.3) is 11.8 Å². The topological polar surface area (TPSA) is 76.7 Å². The molecule has 0 atom stereocenters. The summed E-state index contributed by atoms with van der Waals surface area (Å²) in [7, 11) is 0. The minimum absolute atomic E-state index is 0.206. The molecule has 0 aliphatic rings. The van der Waals surface area contributed by atoms with Crippen molar-refractivity contribution in [3.05, 3.63) is 56.5 Å². The summed E-state index contributed by atoms with van der Waals surface area (Å²) in [6.07, 6.45) is 9.14. The first-order chi connectivity index (χ1) is 17.5. The number of ether oxygens (including phenoxy) is 2. The molecule has 36 heavy (non-hydrogen) atoms. The third-order valence-corrected chi connectivity index (χ3v) is 6.83. The first kappa shape index (κ1) is 30.2. The second-order valence-corrected chi connectivity index (χ2v) is 10.3. The van der Waals surface area contributed by atoms with Gasteiger partial charge in [-0.1, -0.05) is 52.4 Å². The predicted molar refractivity (Wildman–Crippen MR) is 152 cm³/mol. The molecule has 2 rings (SSSR count). The second kappa shape index (κ2) is 17.4. The highest BCUT2D eigenvalue weighted by Crippen LogP contribution is 2.27. The lowest BCUT2D eigenvalue weighted by atomic mass is 10.2. The van der Waals surface area contributed by atoms with Gasteiger partial charge in [0.2, 0.25) is 0 Å². The van der Waals surface area contributed by atoms with E-state index < -0.39 is 0 Å². The van der Waals surface area contributed by atoms with Crippen LogP contribution in [0.15, 0.2) is 45.3 Å². The molecule has 6 nitrogen and oxygen atoms in total. The van der Waals surface area contributed by atoms with Crippen LogP contribution >= 0.6 is 31.9 Å². The minimum Gasteiger partial charge on any atom is -0.492 e. The van der Waals surface area contributed by atoms with Crippen LogP contribution in [-0.4, -0.2) is 38.1 Å². The van der Waals surface area contributed by atoms with Crippen molar-refractivity contribution in [2.45, 2.75) is 65.2 Å². The smallest absolute Gasteiger partial charge is 0.251 e. The van der Waals surface area contributed by atoms with Gasteiger partial charge in [0.05, 0.1) is 22.2 Å². The SMILES string of the molecule is CCCCCCOc1ccc(C(=O)NCCNC(=O)c2ccc(OCCCCCC)c(Br)c2)cc1Br. The number of unbranched alkanes of at least 4 members (excludes halogenated alkanes) is 6. The van der Waals surface area contributed by atoms with E-state index in [1.165, 1.54) is 25.7 Å². The van der Waals surface area contributed by atoms with Gasteiger partial charge in [-0.05, 0) is 81.1 Å². The van der Waals surface area contributed by atoms with Gasteiger partial charge < -0.3 is 20.1 Å². The molecule has 0 aliphatic heterocycles. The van der Waals surface area contributed by atoms with Gasteiger partial charge in [-0.3, -0.25) is 9.59 Å². The molecule has 2 aromatic carbocycles. The summed E-state index contributed by atoms with van der Waals surface area (Å²) in [6.45, 7) is 6.32. The monoisotopic (exact) mass is 624 g/mol. The molecule has 8 heteroatoms. The normalized spacial score (nSPS) is 10.7. The third-order valence-electron chi connectivity index (χ3n) is 5.60. The van der Waals surface area contributed by atoms with E-state index >= 15 is 0 Å². The van der Waals surface area contributed by atoms with Crippen molar-refractivity contribution in [2.24, 2.45) is 0 Å². The molecule has 0 spiro atoms. The molecule has 0 saturated heterocycles. The zero-order valence-corrected chi connectivity index (χ0v) is 24.5. The third kappa shape index (κ3) is 10.9. The van der Waals surface area contributed by atoms with Gasteiger partial charge in [0.15, 0.2) is 0 Å². The van der Waals surface area contributed by atoms with Crippen LogP contribution in [0, 0.1) is 0 Å². The van der Waals surface area contributed by atoms with Crippen LogP contribution in [0.2, 0.25) is 0 Å². The van der Waals surface area contributed by atoms with E-state index in [1.807, 2.05) is 0 Å². The molecule has 0 aromatic heterocycles. The Hall–Kier alpha value is -2.06. The van der Waals surface area contributed by atoms with Crippen LogP contribution < -0.4 is 20.1 Å². The Morgan fingerprint density at radius 3 is 1.44 bits per heavy atom. The van der Waals surface area contributed by atoms with E-state index in [-0.39, 0.29) is 11.8 Å². The van der Waals surface area contributed by atoms with Crippen molar-refractivity contribution in [3.8, 4) is 11.5 Å². The number of carbonyl (C=O) groups is 2. The van der Waals surface area contributed by atoms with Gasteiger partial charge in [0, 0.05) is 24.2 Å². The number of hydrogen-bond acceptors (Lipinski definition) is 4. The van der Waals surface area contributed by atoms with Crippen LogP contribution in [0.5, 0.6) is 11.5 Å². The summed E-state index contributed by atoms with van der Waals surface area (Å²) in [6, 6.07) is 10.6. The molecular weight excluding hydrogens is 588 g/mol. The zero-order chi connectivity index (χ0) is 26.2. The van der Waals surface area contributed by atoms with Crippen LogP contribution in [0.3, 0.4) is 0 Å². The van der Waals surface area contributed by atoms with Gasteiger partial charge >= 0.3 is 0 Å². The standard InChI is InChI=1S/C28H38Br2N2O4/c1-3-5-7-9-17-35-25-13-11-21(19-23(25)29)27(33)31-15-16-32-28(34)22-12-14-26(24(30)20-22)36-18-10-8-6-4-2/h11-14,19-20H,3-10,15-18H2,1-2H3,(H,31,33)(H,32,34). The average molecular weight is 626 g/mol. The van der Waals surface area contributed by atoms with E-state index in [0.29, 0.717) is 37.4 Å². The molecule has 0 bridgehead atoms. The van der Waals surface area contributed by atoms with Crippen molar-refractivity contribution in [3.63, 3.8) is 0 Å². The van der Waals surface area contributed by atoms with E-state index in [1.54, 1.807) is 36.4 Å². The van der Waals surface area contributed by atoms with E-state index in [9.17, 15) is 9.59 Å². The molecule has 2 amide bonds. The maximum absolute atomic E-state index is 12.5. The summed E-state index contributed by atoms with van der Waals surface area (Å²) in [4.78, 5) is 25.0. The Bertz CT molecular complexity index is 891. The minimum atomic E-state index is -0.206. The van der Waals surface area contributed by atoms with Crippen molar-refractivity contribution in [1.82, 2.24) is 10.6 Å². The predicted octanol–water partition coefficient (Wildman–Crippen LogP) is 7.29. The highest BCUT2D eigenvalue weighted by atomic mass is 79.9. The van der Waals surface area contributed by atoms with Crippen LogP contribution in [0.25, 0.3) is 0 Å². The molecule has 0 heterocycles. The van der Waals surface area contributed by atoms with Crippen molar-refractivity contribution < 1.29 is 19.1 Å². The zero-order valence-electron chi connectivity index (χ0n) is 21.3. The maximum atomic E-state index is 12.5. The fourth-order valence-electron chi connectivity index (χ4n) is 3.50. The quantitative estimate of drug-likeness (QED) is 0.181. The molecule has 0 fully saturated rings. The lowest BCUT2D eigenvalue weighted by Crippen LogP contribution is -2.34. The van der Waals surface area contributed by atoms with Crippen molar-refractivity contribution in [2.75, 3.05) is 26.3 Å².